The monoisotopic (exact) mass is 350 g/mol. The molecule has 0 saturated carbocycles. The molecule has 2 rings (SSSR count). The van der Waals surface area contributed by atoms with Crippen LogP contribution in [0.1, 0.15) is 0 Å². The normalized spacial score (nSPS) is 10.6. The molecule has 0 atom stereocenters. The lowest BCUT2D eigenvalue weighted by Gasteiger charge is -2.03. The zero-order chi connectivity index (χ0) is 15.2. The van der Waals surface area contributed by atoms with Gasteiger partial charge in [0.25, 0.3) is 5.69 Å². The maximum Gasteiger partial charge on any atom is 0.273 e. The van der Waals surface area contributed by atoms with Crippen LogP contribution in [0.4, 0.5) is 17.1 Å². The van der Waals surface area contributed by atoms with Crippen molar-refractivity contribution in [3.63, 3.8) is 0 Å². The fraction of sp³-hybridized carbons (Fsp3) is 0.0769. The predicted molar refractivity (Wildman–Crippen MR) is 81.9 cm³/mol. The Morgan fingerprint density at radius 1 is 1.24 bits per heavy atom. The fourth-order valence-electron chi connectivity index (χ4n) is 1.52. The summed E-state index contributed by atoms with van der Waals surface area (Å²) in [6.45, 7) is 0. The Hall–Kier alpha value is -2.48. The molecule has 0 unspecified atom stereocenters. The van der Waals surface area contributed by atoms with Gasteiger partial charge in [-0.2, -0.15) is 0 Å². The summed E-state index contributed by atoms with van der Waals surface area (Å²) < 4.78 is 6.02. The van der Waals surface area contributed by atoms with Crippen molar-refractivity contribution in [2.75, 3.05) is 12.5 Å². The lowest BCUT2D eigenvalue weighted by Crippen LogP contribution is -1.90. The fourth-order valence-corrected chi connectivity index (χ4v) is 1.79. The second-order valence-electron chi connectivity index (χ2n) is 3.93. The Labute approximate surface area is 128 Å². The van der Waals surface area contributed by atoms with Crippen LogP contribution in [0.15, 0.2) is 57.3 Å². The number of non-ortho nitro benzene ring substituents is 1. The lowest BCUT2D eigenvalue weighted by atomic mass is 10.2. The Kier molecular flexibility index (Phi) is 4.83. The minimum Gasteiger partial charge on any atom is -0.494 e. The molecule has 108 valence electrons. The van der Waals surface area contributed by atoms with Crippen molar-refractivity contribution in [1.82, 2.24) is 0 Å². The highest BCUT2D eigenvalue weighted by atomic mass is 79.9. The van der Waals surface area contributed by atoms with E-state index in [4.69, 9.17) is 4.74 Å². The molecule has 0 aliphatic heterocycles. The minimum atomic E-state index is -0.497. The van der Waals surface area contributed by atoms with E-state index in [9.17, 15) is 10.1 Å². The number of rotatable bonds is 5. The van der Waals surface area contributed by atoms with Crippen molar-refractivity contribution < 1.29 is 9.66 Å². The van der Waals surface area contributed by atoms with Crippen molar-refractivity contribution in [2.24, 2.45) is 10.3 Å². The molecule has 0 saturated heterocycles. The van der Waals surface area contributed by atoms with Gasteiger partial charge in [0.1, 0.15) is 5.69 Å². The van der Waals surface area contributed by atoms with E-state index in [0.29, 0.717) is 5.69 Å². The number of nitrogens with zero attached hydrogens (tertiary/aromatic N) is 3. The van der Waals surface area contributed by atoms with E-state index < -0.39 is 4.92 Å². The highest BCUT2D eigenvalue weighted by Gasteiger charge is 2.10. The smallest absolute Gasteiger partial charge is 0.273 e. The number of ether oxygens (including phenoxy) is 1. The minimum absolute atomic E-state index is 0.0633. The number of methoxy groups -OCH3 is 1. The second kappa shape index (κ2) is 6.80. The van der Waals surface area contributed by atoms with Gasteiger partial charge >= 0.3 is 0 Å². The predicted octanol–water partition coefficient (Wildman–Crippen LogP) is 4.48. The van der Waals surface area contributed by atoms with E-state index in [-0.39, 0.29) is 11.4 Å². The van der Waals surface area contributed by atoms with E-state index in [0.717, 1.165) is 10.2 Å². The van der Waals surface area contributed by atoms with Crippen LogP contribution in [0.25, 0.3) is 0 Å². The lowest BCUT2D eigenvalue weighted by molar-refractivity contribution is -0.384. The molecule has 2 aromatic rings. The first-order chi connectivity index (χ1) is 10.1. The van der Waals surface area contributed by atoms with Crippen LogP contribution in [0.5, 0.6) is 5.75 Å². The van der Waals surface area contributed by atoms with Gasteiger partial charge in [0, 0.05) is 10.5 Å². The number of anilines is 1. The van der Waals surface area contributed by atoms with Crippen molar-refractivity contribution in [1.29, 1.82) is 0 Å². The Bertz CT molecular complexity index is 674. The molecule has 0 fully saturated rings. The highest BCUT2D eigenvalue weighted by Crippen LogP contribution is 2.31. The summed E-state index contributed by atoms with van der Waals surface area (Å²) in [6.07, 6.45) is 0. The first kappa shape index (κ1) is 14.9. The molecule has 0 aliphatic rings. The van der Waals surface area contributed by atoms with Gasteiger partial charge in [-0.25, -0.2) is 0 Å². The van der Waals surface area contributed by atoms with Crippen LogP contribution in [-0.4, -0.2) is 12.0 Å². The molecule has 2 aromatic carbocycles. The van der Waals surface area contributed by atoms with E-state index >= 15 is 0 Å². The van der Waals surface area contributed by atoms with Crippen LogP contribution in [0.3, 0.4) is 0 Å². The van der Waals surface area contributed by atoms with Crippen LogP contribution < -0.4 is 10.2 Å². The number of halogens is 1. The highest BCUT2D eigenvalue weighted by molar-refractivity contribution is 9.10. The molecule has 0 bridgehead atoms. The molecule has 0 heterocycles. The molecule has 0 spiro atoms. The topological polar surface area (TPSA) is 89.1 Å². The largest absolute Gasteiger partial charge is 0.494 e. The molecule has 0 amide bonds. The van der Waals surface area contributed by atoms with E-state index in [1.165, 1.54) is 25.3 Å². The standard InChI is InChI=1S/C13H11BrN4O3/c1-21-13-8-11(18(19)20)6-7-12(13)16-17-15-10-4-2-9(14)3-5-10/h2-8H,1H3,(H,15,16). The summed E-state index contributed by atoms with van der Waals surface area (Å²) in [7, 11) is 1.42. The van der Waals surface area contributed by atoms with Gasteiger partial charge < -0.3 is 4.74 Å². The van der Waals surface area contributed by atoms with Crippen LogP contribution >= 0.6 is 15.9 Å². The summed E-state index contributed by atoms with van der Waals surface area (Å²) in [4.78, 5) is 10.2. The molecule has 0 aromatic heterocycles. The van der Waals surface area contributed by atoms with Crippen molar-refractivity contribution in [3.05, 3.63) is 57.1 Å². The molecular weight excluding hydrogens is 340 g/mol. The van der Waals surface area contributed by atoms with Gasteiger partial charge in [0.15, 0.2) is 5.75 Å². The van der Waals surface area contributed by atoms with Crippen molar-refractivity contribution in [3.8, 4) is 5.75 Å². The Morgan fingerprint density at radius 2 is 1.95 bits per heavy atom. The number of nitrogens with one attached hydrogen (secondary N) is 1. The van der Waals surface area contributed by atoms with E-state index in [2.05, 4.69) is 31.7 Å². The SMILES string of the molecule is COc1cc([N+](=O)[O-])ccc1N=NNc1ccc(Br)cc1. The van der Waals surface area contributed by atoms with Gasteiger partial charge in [0.05, 0.1) is 23.8 Å². The number of hydrogen-bond donors (Lipinski definition) is 1. The molecule has 0 aliphatic carbocycles. The molecule has 0 radical (unpaired) electrons. The first-order valence-corrected chi connectivity index (χ1v) is 6.64. The molecule has 21 heavy (non-hydrogen) atoms. The average molecular weight is 351 g/mol. The quantitative estimate of drug-likeness (QED) is 0.489. The van der Waals surface area contributed by atoms with Crippen molar-refractivity contribution in [2.45, 2.75) is 0 Å². The third-order valence-corrected chi connectivity index (χ3v) is 3.08. The van der Waals surface area contributed by atoms with Gasteiger partial charge in [-0.3, -0.25) is 15.5 Å². The number of hydrogen-bond acceptors (Lipinski definition) is 5. The van der Waals surface area contributed by atoms with Crippen LogP contribution in [0, 0.1) is 10.1 Å². The van der Waals surface area contributed by atoms with Gasteiger partial charge in [-0.05, 0) is 30.3 Å². The zero-order valence-corrected chi connectivity index (χ0v) is 12.6. The van der Waals surface area contributed by atoms with E-state index in [1.807, 2.05) is 24.3 Å². The number of nitro benzene ring substituents is 1. The van der Waals surface area contributed by atoms with Crippen molar-refractivity contribution >= 4 is 33.0 Å². The maximum atomic E-state index is 10.7. The summed E-state index contributed by atoms with van der Waals surface area (Å²) >= 11 is 3.33. The van der Waals surface area contributed by atoms with Crippen LogP contribution in [0.2, 0.25) is 0 Å². The van der Waals surface area contributed by atoms with Gasteiger partial charge in [0.2, 0.25) is 0 Å². The summed E-state index contributed by atoms with van der Waals surface area (Å²) in [5, 5.41) is 18.5. The van der Waals surface area contributed by atoms with Gasteiger partial charge in [-0.1, -0.05) is 21.2 Å². The summed E-state index contributed by atoms with van der Waals surface area (Å²) in [5.41, 5.74) is 3.86. The summed E-state index contributed by atoms with van der Waals surface area (Å²) in [6, 6.07) is 11.5. The van der Waals surface area contributed by atoms with E-state index in [1.54, 1.807) is 0 Å². The summed E-state index contributed by atoms with van der Waals surface area (Å²) in [5.74, 6) is 0.283. The zero-order valence-electron chi connectivity index (χ0n) is 11.0. The Balaban J connectivity index is 2.13. The maximum absolute atomic E-state index is 10.7. The average Bonchev–Trinajstić information content (AvgIpc) is 2.49. The molecule has 7 nitrogen and oxygen atoms in total. The molecular formula is C13H11BrN4O3. The van der Waals surface area contributed by atoms with Gasteiger partial charge in [-0.15, -0.1) is 5.11 Å². The number of benzene rings is 2. The number of nitro groups is 1. The third-order valence-electron chi connectivity index (χ3n) is 2.56. The first-order valence-electron chi connectivity index (χ1n) is 5.85. The second-order valence-corrected chi connectivity index (χ2v) is 4.85. The molecule has 1 N–H and O–H groups in total. The molecule has 8 heteroatoms. The third kappa shape index (κ3) is 3.99. The Morgan fingerprint density at radius 3 is 2.57 bits per heavy atom. The van der Waals surface area contributed by atoms with Crippen LogP contribution in [-0.2, 0) is 0 Å².